The molecule has 0 heterocycles. The van der Waals surface area contributed by atoms with Gasteiger partial charge in [-0.15, -0.1) is 0 Å². The molecule has 0 radical (unpaired) electrons. The van der Waals surface area contributed by atoms with E-state index in [1.807, 2.05) is 0 Å². The van der Waals surface area contributed by atoms with Crippen molar-refractivity contribution in [1.29, 1.82) is 0 Å². The van der Waals surface area contributed by atoms with Crippen LogP contribution in [0, 0.1) is 22.7 Å². The second-order valence-electron chi connectivity index (χ2n) is 8.69. The van der Waals surface area contributed by atoms with Crippen LogP contribution >= 0.6 is 0 Å². The van der Waals surface area contributed by atoms with Crippen molar-refractivity contribution in [2.24, 2.45) is 22.7 Å². The number of ketones is 1. The molecule has 1 nitrogen and oxygen atoms in total. The van der Waals surface area contributed by atoms with Crippen LogP contribution in [0.25, 0.3) is 0 Å². The quantitative estimate of drug-likeness (QED) is 0.632. The molecule has 0 aromatic rings. The molecule has 1 fully saturated rings. The topological polar surface area (TPSA) is 17.1 Å². The van der Waals surface area contributed by atoms with Crippen LogP contribution < -0.4 is 0 Å². The van der Waals surface area contributed by atoms with Crippen LogP contribution in [-0.4, -0.2) is 5.78 Å². The fourth-order valence-electron chi connectivity index (χ4n) is 2.63. The highest BCUT2D eigenvalue weighted by Crippen LogP contribution is 2.38. The number of rotatable bonds is 6. The van der Waals surface area contributed by atoms with Gasteiger partial charge in [-0.05, 0) is 36.0 Å². The second-order valence-corrected chi connectivity index (χ2v) is 8.69. The highest BCUT2D eigenvalue weighted by molar-refractivity contribution is 5.81. The van der Waals surface area contributed by atoms with E-state index in [2.05, 4.69) is 41.5 Å². The molecule has 1 aliphatic rings. The SMILES string of the molecule is CC(C)(C)CC(=O)C(CCC1CC1)CC(C)(C)C. The molecule has 18 heavy (non-hydrogen) atoms. The van der Waals surface area contributed by atoms with Crippen molar-refractivity contribution in [3.05, 3.63) is 0 Å². The molecule has 0 aliphatic heterocycles. The Kier molecular flexibility index (Phi) is 5.03. The molecule has 0 bridgehead atoms. The zero-order chi connectivity index (χ0) is 14.0. The van der Waals surface area contributed by atoms with E-state index >= 15 is 0 Å². The average Bonchev–Trinajstić information content (AvgIpc) is 2.90. The van der Waals surface area contributed by atoms with Gasteiger partial charge < -0.3 is 0 Å². The van der Waals surface area contributed by atoms with Crippen molar-refractivity contribution < 1.29 is 4.79 Å². The number of hydrogen-bond acceptors (Lipinski definition) is 1. The van der Waals surface area contributed by atoms with E-state index in [1.165, 1.54) is 19.3 Å². The molecule has 1 heteroatoms. The summed E-state index contributed by atoms with van der Waals surface area (Å²) in [6, 6.07) is 0. The lowest BCUT2D eigenvalue weighted by molar-refractivity contribution is -0.125. The van der Waals surface area contributed by atoms with E-state index in [0.29, 0.717) is 11.7 Å². The minimum absolute atomic E-state index is 0.132. The average molecular weight is 252 g/mol. The Bertz CT molecular complexity index is 273. The fourth-order valence-corrected chi connectivity index (χ4v) is 2.63. The highest BCUT2D eigenvalue weighted by Gasteiger charge is 2.30. The molecule has 106 valence electrons. The van der Waals surface area contributed by atoms with Gasteiger partial charge in [0.25, 0.3) is 0 Å². The van der Waals surface area contributed by atoms with Crippen molar-refractivity contribution >= 4 is 5.78 Å². The second kappa shape index (κ2) is 5.75. The summed E-state index contributed by atoms with van der Waals surface area (Å²) < 4.78 is 0. The van der Waals surface area contributed by atoms with Gasteiger partial charge in [-0.2, -0.15) is 0 Å². The highest BCUT2D eigenvalue weighted by atomic mass is 16.1. The van der Waals surface area contributed by atoms with Gasteiger partial charge in [0.15, 0.2) is 0 Å². The summed E-state index contributed by atoms with van der Waals surface area (Å²) in [5, 5.41) is 0. The van der Waals surface area contributed by atoms with Gasteiger partial charge in [-0.1, -0.05) is 54.4 Å². The minimum atomic E-state index is 0.132. The zero-order valence-corrected chi connectivity index (χ0v) is 13.3. The van der Waals surface area contributed by atoms with Gasteiger partial charge in [0.1, 0.15) is 5.78 Å². The third-order valence-electron chi connectivity index (χ3n) is 3.64. The van der Waals surface area contributed by atoms with Crippen molar-refractivity contribution in [3.8, 4) is 0 Å². The molecular weight excluding hydrogens is 220 g/mol. The first kappa shape index (κ1) is 15.7. The van der Waals surface area contributed by atoms with E-state index < -0.39 is 0 Å². The van der Waals surface area contributed by atoms with Crippen LogP contribution in [0.4, 0.5) is 0 Å². The summed E-state index contributed by atoms with van der Waals surface area (Å²) in [5.41, 5.74) is 0.397. The molecule has 0 spiro atoms. The molecule has 0 aromatic heterocycles. The Hall–Kier alpha value is -0.330. The van der Waals surface area contributed by atoms with Gasteiger partial charge in [0.2, 0.25) is 0 Å². The van der Waals surface area contributed by atoms with Gasteiger partial charge in [-0.25, -0.2) is 0 Å². The molecule has 1 atom stereocenters. The Morgan fingerprint density at radius 1 is 1.06 bits per heavy atom. The summed E-state index contributed by atoms with van der Waals surface area (Å²) in [5.74, 6) is 1.73. The Labute approximate surface area is 114 Å². The minimum Gasteiger partial charge on any atom is -0.299 e. The van der Waals surface area contributed by atoms with Crippen molar-refractivity contribution in [2.75, 3.05) is 0 Å². The predicted molar refractivity (Wildman–Crippen MR) is 78.6 cm³/mol. The summed E-state index contributed by atoms with van der Waals surface area (Å²) >= 11 is 0. The molecular formula is C17H32O. The van der Waals surface area contributed by atoms with Crippen molar-refractivity contribution in [1.82, 2.24) is 0 Å². The van der Waals surface area contributed by atoms with Crippen LogP contribution in [0.15, 0.2) is 0 Å². The lowest BCUT2D eigenvalue weighted by Gasteiger charge is -2.27. The maximum Gasteiger partial charge on any atom is 0.136 e. The third kappa shape index (κ3) is 7.18. The maximum absolute atomic E-state index is 12.5. The van der Waals surface area contributed by atoms with Gasteiger partial charge in [0, 0.05) is 12.3 Å². The number of hydrogen-bond donors (Lipinski definition) is 0. The standard InChI is InChI=1S/C17H32O/c1-16(2,3)11-14(10-9-13-7-8-13)15(18)12-17(4,5)6/h13-14H,7-12H2,1-6H3. The normalized spacial score (nSPS) is 18.8. The van der Waals surface area contributed by atoms with Crippen LogP contribution in [0.3, 0.4) is 0 Å². The summed E-state index contributed by atoms with van der Waals surface area (Å²) in [6.45, 7) is 13.3. The van der Waals surface area contributed by atoms with Crippen LogP contribution in [0.2, 0.25) is 0 Å². The maximum atomic E-state index is 12.5. The molecule has 1 saturated carbocycles. The number of carbonyl (C=O) groups excluding carboxylic acids is 1. The third-order valence-corrected chi connectivity index (χ3v) is 3.64. The molecule has 0 N–H and O–H groups in total. The lowest BCUT2D eigenvalue weighted by Crippen LogP contribution is -2.25. The molecule has 0 amide bonds. The number of carbonyl (C=O) groups is 1. The van der Waals surface area contributed by atoms with E-state index in [9.17, 15) is 4.79 Å². The van der Waals surface area contributed by atoms with E-state index in [1.54, 1.807) is 0 Å². The van der Waals surface area contributed by atoms with Gasteiger partial charge in [-0.3, -0.25) is 4.79 Å². The van der Waals surface area contributed by atoms with Crippen LogP contribution in [-0.2, 0) is 4.79 Å². The van der Waals surface area contributed by atoms with Crippen LogP contribution in [0.1, 0.15) is 80.1 Å². The predicted octanol–water partition coefficient (Wildman–Crippen LogP) is 5.23. The lowest BCUT2D eigenvalue weighted by atomic mass is 9.76. The Morgan fingerprint density at radius 2 is 1.61 bits per heavy atom. The van der Waals surface area contributed by atoms with E-state index in [-0.39, 0.29) is 10.8 Å². The molecule has 0 saturated heterocycles. The van der Waals surface area contributed by atoms with Gasteiger partial charge >= 0.3 is 0 Å². The van der Waals surface area contributed by atoms with E-state index in [0.717, 1.165) is 25.2 Å². The summed E-state index contributed by atoms with van der Waals surface area (Å²) in [7, 11) is 0. The Morgan fingerprint density at radius 3 is 2.00 bits per heavy atom. The molecule has 1 rings (SSSR count). The smallest absolute Gasteiger partial charge is 0.136 e. The summed E-state index contributed by atoms with van der Waals surface area (Å²) in [6.07, 6.45) is 6.98. The van der Waals surface area contributed by atoms with Gasteiger partial charge in [0.05, 0.1) is 0 Å². The zero-order valence-electron chi connectivity index (χ0n) is 13.3. The molecule has 0 aromatic carbocycles. The van der Waals surface area contributed by atoms with Crippen molar-refractivity contribution in [3.63, 3.8) is 0 Å². The van der Waals surface area contributed by atoms with Crippen LogP contribution in [0.5, 0.6) is 0 Å². The molecule has 1 unspecified atom stereocenters. The first-order chi connectivity index (χ1) is 8.07. The first-order valence-corrected chi connectivity index (χ1v) is 7.59. The van der Waals surface area contributed by atoms with Crippen molar-refractivity contribution in [2.45, 2.75) is 80.1 Å². The molecule has 1 aliphatic carbocycles. The van der Waals surface area contributed by atoms with E-state index in [4.69, 9.17) is 0 Å². The number of Topliss-reactive ketones (excluding diaryl/α,β-unsaturated/α-hetero) is 1. The largest absolute Gasteiger partial charge is 0.299 e. The fraction of sp³-hybridized carbons (Fsp3) is 0.941. The summed E-state index contributed by atoms with van der Waals surface area (Å²) in [4.78, 5) is 12.5. The Balaban J connectivity index is 2.53. The first-order valence-electron chi connectivity index (χ1n) is 7.59. The monoisotopic (exact) mass is 252 g/mol.